The van der Waals surface area contributed by atoms with E-state index in [2.05, 4.69) is 9.64 Å². The molecule has 2 fully saturated rings. The Morgan fingerprint density at radius 3 is 2.44 bits per heavy atom. The van der Waals surface area contributed by atoms with Crippen LogP contribution < -0.4 is 0 Å². The molecule has 0 radical (unpaired) electrons. The van der Waals surface area contributed by atoms with E-state index in [9.17, 15) is 9.90 Å². The Hall–Kier alpha value is -0.610. The number of hydrogen-bond acceptors (Lipinski definition) is 4. The number of carbonyl (C=O) groups excluding carboxylic acids is 1. The number of fused-ring (bicyclic) bond motifs is 1. The predicted octanol–water partition coefficient (Wildman–Crippen LogP) is 1.52. The molecule has 0 aromatic carbocycles. The van der Waals surface area contributed by atoms with Gasteiger partial charge in [0.1, 0.15) is 11.8 Å². The average molecular weight is 229 g/mol. The maximum absolute atomic E-state index is 9.60. The Morgan fingerprint density at radius 1 is 1.31 bits per heavy atom. The van der Waals surface area contributed by atoms with Gasteiger partial charge in [-0.05, 0) is 46.5 Å². The molecule has 0 aromatic heterocycles. The minimum atomic E-state index is -0.318. The van der Waals surface area contributed by atoms with Gasteiger partial charge in [-0.2, -0.15) is 0 Å². The Morgan fingerprint density at radius 2 is 2.00 bits per heavy atom. The molecule has 0 aromatic rings. The molecule has 4 nitrogen and oxygen atoms in total. The van der Waals surface area contributed by atoms with Crippen LogP contribution >= 0.6 is 0 Å². The Bertz CT molecular complexity index is 225. The summed E-state index contributed by atoms with van der Waals surface area (Å²) in [6.07, 6.45) is 4.74. The van der Waals surface area contributed by atoms with Crippen LogP contribution in [0, 0.1) is 0 Å². The number of rotatable bonds is 1. The van der Waals surface area contributed by atoms with Crippen LogP contribution in [0.3, 0.4) is 0 Å². The molecule has 2 atom stereocenters. The van der Waals surface area contributed by atoms with E-state index in [1.54, 1.807) is 0 Å². The zero-order chi connectivity index (χ0) is 12.2. The molecule has 2 heterocycles. The molecule has 2 rings (SSSR count). The topological polar surface area (TPSA) is 49.8 Å². The largest absolute Gasteiger partial charge is 0.462 e. The first-order valence-electron chi connectivity index (χ1n) is 5.99. The van der Waals surface area contributed by atoms with Crippen molar-refractivity contribution in [2.75, 3.05) is 6.54 Å². The van der Waals surface area contributed by atoms with Crippen LogP contribution in [0.5, 0.6) is 0 Å². The van der Waals surface area contributed by atoms with Crippen molar-refractivity contribution >= 4 is 6.47 Å². The maximum atomic E-state index is 9.60. The normalized spacial score (nSPS) is 29.2. The van der Waals surface area contributed by atoms with Gasteiger partial charge in [0.15, 0.2) is 0 Å². The van der Waals surface area contributed by atoms with Gasteiger partial charge in [0, 0.05) is 12.6 Å². The summed E-state index contributed by atoms with van der Waals surface area (Å²) in [5, 5.41) is 9.33. The number of aliphatic hydroxyl groups excluding tert-OH is 1. The molecule has 1 N–H and O–H groups in total. The zero-order valence-corrected chi connectivity index (χ0v) is 10.5. The third-order valence-corrected chi connectivity index (χ3v) is 2.97. The monoisotopic (exact) mass is 229 g/mol. The van der Waals surface area contributed by atoms with Gasteiger partial charge in [-0.15, -0.1) is 0 Å². The third-order valence-electron chi connectivity index (χ3n) is 2.97. The fraction of sp³-hybridized carbons (Fsp3) is 0.917. The molecular weight excluding hydrogens is 206 g/mol. The highest BCUT2D eigenvalue weighted by Gasteiger charge is 2.34. The Labute approximate surface area is 97.6 Å². The van der Waals surface area contributed by atoms with Gasteiger partial charge in [0.2, 0.25) is 0 Å². The van der Waals surface area contributed by atoms with Crippen molar-refractivity contribution in [2.45, 2.75) is 64.3 Å². The second kappa shape index (κ2) is 5.64. The van der Waals surface area contributed by atoms with E-state index in [1.165, 1.54) is 19.3 Å². The summed E-state index contributed by atoms with van der Waals surface area (Å²) in [4.78, 5) is 11.8. The van der Waals surface area contributed by atoms with Crippen LogP contribution in [0.15, 0.2) is 0 Å². The lowest BCUT2D eigenvalue weighted by molar-refractivity contribution is -0.138. The van der Waals surface area contributed by atoms with Gasteiger partial charge in [-0.25, -0.2) is 0 Å². The highest BCUT2D eigenvalue weighted by molar-refractivity contribution is 5.37. The zero-order valence-electron chi connectivity index (χ0n) is 10.5. The lowest BCUT2D eigenvalue weighted by Crippen LogP contribution is -2.30. The van der Waals surface area contributed by atoms with E-state index in [0.717, 1.165) is 19.0 Å². The summed E-state index contributed by atoms with van der Waals surface area (Å²) >= 11 is 0. The van der Waals surface area contributed by atoms with Crippen molar-refractivity contribution in [3.05, 3.63) is 0 Å². The van der Waals surface area contributed by atoms with Crippen LogP contribution in [0.4, 0.5) is 0 Å². The highest BCUT2D eigenvalue weighted by Crippen LogP contribution is 2.30. The van der Waals surface area contributed by atoms with Crippen LogP contribution in [0.2, 0.25) is 0 Å². The third kappa shape index (κ3) is 4.10. The van der Waals surface area contributed by atoms with Crippen LogP contribution in [-0.2, 0) is 9.53 Å². The van der Waals surface area contributed by atoms with Crippen LogP contribution in [-0.4, -0.2) is 40.9 Å². The van der Waals surface area contributed by atoms with Crippen molar-refractivity contribution in [2.24, 2.45) is 0 Å². The highest BCUT2D eigenvalue weighted by atomic mass is 16.5. The SMILES string of the molecule is CC(C)(C)OC=O.OC1CCC2CCCN12. The summed E-state index contributed by atoms with van der Waals surface area (Å²) in [5.41, 5.74) is -0.318. The van der Waals surface area contributed by atoms with E-state index < -0.39 is 0 Å². The molecule has 4 heteroatoms. The second-order valence-corrected chi connectivity index (χ2v) is 5.42. The van der Waals surface area contributed by atoms with E-state index in [1.807, 2.05) is 20.8 Å². The van der Waals surface area contributed by atoms with Crippen molar-refractivity contribution in [1.82, 2.24) is 4.90 Å². The molecule has 2 saturated heterocycles. The van der Waals surface area contributed by atoms with E-state index in [-0.39, 0.29) is 11.8 Å². The molecular formula is C12H23NO3. The number of aliphatic hydroxyl groups is 1. The van der Waals surface area contributed by atoms with Gasteiger partial charge in [0.25, 0.3) is 6.47 Å². The van der Waals surface area contributed by atoms with E-state index in [4.69, 9.17) is 0 Å². The van der Waals surface area contributed by atoms with Crippen molar-refractivity contribution in [3.63, 3.8) is 0 Å². The summed E-state index contributed by atoms with van der Waals surface area (Å²) in [6.45, 7) is 7.05. The number of ether oxygens (including phenoxy) is 1. The first-order chi connectivity index (χ1) is 7.44. The maximum Gasteiger partial charge on any atom is 0.293 e. The first kappa shape index (κ1) is 13.5. The summed E-state index contributed by atoms with van der Waals surface area (Å²) in [5.74, 6) is 0. The summed E-state index contributed by atoms with van der Waals surface area (Å²) in [6, 6.07) is 0.736. The minimum Gasteiger partial charge on any atom is -0.462 e. The van der Waals surface area contributed by atoms with E-state index in [0.29, 0.717) is 6.47 Å². The van der Waals surface area contributed by atoms with Crippen molar-refractivity contribution in [1.29, 1.82) is 0 Å². The van der Waals surface area contributed by atoms with Crippen molar-refractivity contribution < 1.29 is 14.6 Å². The standard InChI is InChI=1S/C7H13NO.C5H10O2/c9-7-4-3-6-2-1-5-8(6)7;1-5(2,3)7-4-6/h6-7,9H,1-5H2;4H,1-3H3. The molecule has 0 spiro atoms. The predicted molar refractivity (Wildman–Crippen MR) is 61.9 cm³/mol. The molecule has 2 unspecified atom stereocenters. The summed E-state index contributed by atoms with van der Waals surface area (Å²) in [7, 11) is 0. The van der Waals surface area contributed by atoms with Crippen LogP contribution in [0.25, 0.3) is 0 Å². The van der Waals surface area contributed by atoms with Gasteiger partial charge < -0.3 is 9.84 Å². The lowest BCUT2D eigenvalue weighted by Gasteiger charge is -2.17. The average Bonchev–Trinajstić information content (AvgIpc) is 2.70. The fourth-order valence-corrected chi connectivity index (χ4v) is 2.21. The molecule has 2 aliphatic rings. The molecule has 0 bridgehead atoms. The van der Waals surface area contributed by atoms with Gasteiger partial charge in [0.05, 0.1) is 0 Å². The van der Waals surface area contributed by atoms with Crippen LogP contribution in [0.1, 0.15) is 46.5 Å². The number of carbonyl (C=O) groups is 1. The smallest absolute Gasteiger partial charge is 0.293 e. The summed E-state index contributed by atoms with van der Waals surface area (Å²) < 4.78 is 4.55. The van der Waals surface area contributed by atoms with Crippen molar-refractivity contribution in [3.8, 4) is 0 Å². The second-order valence-electron chi connectivity index (χ2n) is 5.42. The van der Waals surface area contributed by atoms with Gasteiger partial charge >= 0.3 is 0 Å². The number of nitrogens with zero attached hydrogens (tertiary/aromatic N) is 1. The molecule has 16 heavy (non-hydrogen) atoms. The lowest BCUT2D eigenvalue weighted by atomic mass is 10.2. The molecule has 0 saturated carbocycles. The minimum absolute atomic E-state index is 0.0995. The molecule has 0 amide bonds. The fourth-order valence-electron chi connectivity index (χ4n) is 2.21. The Balaban J connectivity index is 0.000000168. The van der Waals surface area contributed by atoms with E-state index >= 15 is 0 Å². The van der Waals surface area contributed by atoms with Gasteiger partial charge in [-0.3, -0.25) is 9.69 Å². The quantitative estimate of drug-likeness (QED) is 0.693. The van der Waals surface area contributed by atoms with Gasteiger partial charge in [-0.1, -0.05) is 0 Å². The first-order valence-corrected chi connectivity index (χ1v) is 5.99. The molecule has 2 aliphatic heterocycles. The number of hydrogen-bond donors (Lipinski definition) is 1. The molecule has 94 valence electrons. The Kier molecular flexibility index (Phi) is 4.74. The molecule has 0 aliphatic carbocycles.